The topological polar surface area (TPSA) is 41.6 Å². The molecule has 0 fully saturated rings. The number of rotatable bonds is 4. The fourth-order valence-corrected chi connectivity index (χ4v) is 1.77. The Morgan fingerprint density at radius 3 is 2.65 bits per heavy atom. The molecule has 0 aliphatic rings. The van der Waals surface area contributed by atoms with Gasteiger partial charge >= 0.3 is 0 Å². The summed E-state index contributed by atoms with van der Waals surface area (Å²) in [6, 6.07) is 3.60. The maximum atomic E-state index is 11.6. The summed E-state index contributed by atoms with van der Waals surface area (Å²) in [5.74, 6) is 0.556. The summed E-state index contributed by atoms with van der Waals surface area (Å²) in [6.45, 7) is 1.93. The number of hydrazine groups is 1. The van der Waals surface area contributed by atoms with E-state index in [1.165, 1.54) is 0 Å². The number of nitrogens with one attached hydrogen (secondary N) is 1. The summed E-state index contributed by atoms with van der Waals surface area (Å²) >= 11 is 6.02. The van der Waals surface area contributed by atoms with Gasteiger partial charge in [0.05, 0.1) is 18.6 Å². The van der Waals surface area contributed by atoms with Crippen LogP contribution < -0.4 is 10.2 Å². The Hall–Kier alpha value is -1.26. The maximum Gasteiger partial charge on any atom is 0.238 e. The number of carbonyl (C=O) groups is 1. The van der Waals surface area contributed by atoms with E-state index in [2.05, 4.69) is 5.43 Å². The van der Waals surface area contributed by atoms with E-state index in [9.17, 15) is 4.79 Å². The van der Waals surface area contributed by atoms with Crippen molar-refractivity contribution in [3.05, 3.63) is 28.3 Å². The summed E-state index contributed by atoms with van der Waals surface area (Å²) in [5.41, 5.74) is 4.57. The van der Waals surface area contributed by atoms with Crippen molar-refractivity contribution in [3.8, 4) is 5.75 Å². The average Bonchev–Trinajstić information content (AvgIpc) is 2.21. The van der Waals surface area contributed by atoms with Crippen molar-refractivity contribution in [2.75, 3.05) is 21.2 Å². The third-order valence-electron chi connectivity index (χ3n) is 2.31. The first kappa shape index (κ1) is 13.8. The van der Waals surface area contributed by atoms with Gasteiger partial charge in [0.25, 0.3) is 0 Å². The Morgan fingerprint density at radius 2 is 2.12 bits per heavy atom. The van der Waals surface area contributed by atoms with Gasteiger partial charge in [-0.05, 0) is 30.2 Å². The Labute approximate surface area is 106 Å². The van der Waals surface area contributed by atoms with Crippen LogP contribution in [0, 0.1) is 6.92 Å². The quantitative estimate of drug-likeness (QED) is 0.836. The molecule has 0 aromatic heterocycles. The monoisotopic (exact) mass is 256 g/mol. The van der Waals surface area contributed by atoms with E-state index in [0.29, 0.717) is 17.2 Å². The lowest BCUT2D eigenvalue weighted by atomic mass is 10.1. The van der Waals surface area contributed by atoms with Crippen molar-refractivity contribution in [1.82, 2.24) is 10.4 Å². The van der Waals surface area contributed by atoms with E-state index in [1.807, 2.05) is 13.0 Å². The molecule has 1 aromatic rings. The van der Waals surface area contributed by atoms with Crippen LogP contribution in [-0.2, 0) is 11.2 Å². The summed E-state index contributed by atoms with van der Waals surface area (Å²) < 4.78 is 5.11. The van der Waals surface area contributed by atoms with Gasteiger partial charge in [0.2, 0.25) is 5.91 Å². The lowest BCUT2D eigenvalue weighted by molar-refractivity contribution is -0.124. The summed E-state index contributed by atoms with van der Waals surface area (Å²) in [7, 11) is 5.11. The Kier molecular flexibility index (Phi) is 4.78. The summed E-state index contributed by atoms with van der Waals surface area (Å²) in [4.78, 5) is 11.6. The van der Waals surface area contributed by atoms with Crippen molar-refractivity contribution in [1.29, 1.82) is 0 Å². The van der Waals surface area contributed by atoms with Crippen LogP contribution in [0.15, 0.2) is 12.1 Å². The minimum Gasteiger partial charge on any atom is -0.495 e. The molecule has 17 heavy (non-hydrogen) atoms. The smallest absolute Gasteiger partial charge is 0.238 e. The van der Waals surface area contributed by atoms with Crippen LogP contribution in [0.4, 0.5) is 0 Å². The number of methoxy groups -OCH3 is 1. The molecular weight excluding hydrogens is 240 g/mol. The molecule has 4 nitrogen and oxygen atoms in total. The van der Waals surface area contributed by atoms with Crippen LogP contribution in [0.25, 0.3) is 0 Å². The molecule has 0 radical (unpaired) electrons. The molecule has 0 unspecified atom stereocenters. The molecule has 1 N–H and O–H groups in total. The van der Waals surface area contributed by atoms with Crippen LogP contribution in [0.2, 0.25) is 5.02 Å². The van der Waals surface area contributed by atoms with E-state index < -0.39 is 0 Å². The standard InChI is InChI=1S/C12H17ClN2O2/c1-8-5-11(17-4)10(13)6-9(8)7-12(16)14-15(2)3/h5-6H,7H2,1-4H3,(H,14,16). The second-order valence-corrected chi connectivity index (χ2v) is 4.43. The number of halogens is 1. The average molecular weight is 257 g/mol. The minimum absolute atomic E-state index is 0.0701. The van der Waals surface area contributed by atoms with Crippen LogP contribution >= 0.6 is 11.6 Å². The highest BCUT2D eigenvalue weighted by molar-refractivity contribution is 6.32. The number of amides is 1. The Balaban J connectivity index is 2.85. The Bertz CT molecular complexity index is 419. The van der Waals surface area contributed by atoms with Crippen LogP contribution in [0.3, 0.4) is 0 Å². The molecular formula is C12H17ClN2O2. The molecule has 1 aromatic carbocycles. The van der Waals surface area contributed by atoms with Crippen molar-refractivity contribution in [3.63, 3.8) is 0 Å². The molecule has 0 saturated heterocycles. The van der Waals surface area contributed by atoms with Crippen LogP contribution in [0.1, 0.15) is 11.1 Å². The molecule has 0 spiro atoms. The van der Waals surface area contributed by atoms with Gasteiger partial charge in [0.1, 0.15) is 5.75 Å². The van der Waals surface area contributed by atoms with E-state index in [4.69, 9.17) is 16.3 Å². The first-order valence-electron chi connectivity index (χ1n) is 5.24. The van der Waals surface area contributed by atoms with Crippen LogP contribution in [-0.4, -0.2) is 32.1 Å². The second-order valence-electron chi connectivity index (χ2n) is 4.02. The lowest BCUT2D eigenvalue weighted by Gasteiger charge is -2.13. The molecule has 0 bridgehead atoms. The van der Waals surface area contributed by atoms with Gasteiger partial charge in [-0.25, -0.2) is 5.01 Å². The number of hydrogen-bond donors (Lipinski definition) is 1. The van der Waals surface area contributed by atoms with E-state index in [1.54, 1.807) is 32.3 Å². The van der Waals surface area contributed by atoms with E-state index >= 15 is 0 Å². The number of hydrogen-bond acceptors (Lipinski definition) is 3. The first-order valence-corrected chi connectivity index (χ1v) is 5.61. The van der Waals surface area contributed by atoms with Crippen LogP contribution in [0.5, 0.6) is 5.75 Å². The predicted octanol–water partition coefficient (Wildman–Crippen LogP) is 1.79. The molecule has 0 atom stereocenters. The number of benzene rings is 1. The summed E-state index contributed by atoms with van der Waals surface area (Å²) in [5, 5.41) is 2.13. The maximum absolute atomic E-state index is 11.6. The number of nitrogens with zero attached hydrogens (tertiary/aromatic N) is 1. The highest BCUT2D eigenvalue weighted by atomic mass is 35.5. The lowest BCUT2D eigenvalue weighted by Crippen LogP contribution is -2.37. The van der Waals surface area contributed by atoms with Crippen molar-refractivity contribution in [2.24, 2.45) is 0 Å². The van der Waals surface area contributed by atoms with Gasteiger partial charge in [-0.15, -0.1) is 0 Å². The highest BCUT2D eigenvalue weighted by Crippen LogP contribution is 2.27. The van der Waals surface area contributed by atoms with Gasteiger partial charge < -0.3 is 4.74 Å². The highest BCUT2D eigenvalue weighted by Gasteiger charge is 2.10. The zero-order valence-electron chi connectivity index (χ0n) is 10.5. The fourth-order valence-electron chi connectivity index (χ4n) is 1.50. The number of ether oxygens (including phenoxy) is 1. The molecule has 5 heteroatoms. The summed E-state index contributed by atoms with van der Waals surface area (Å²) in [6.07, 6.45) is 0.299. The van der Waals surface area contributed by atoms with Crippen molar-refractivity contribution >= 4 is 17.5 Å². The zero-order chi connectivity index (χ0) is 13.0. The number of carbonyl (C=O) groups excluding carboxylic acids is 1. The predicted molar refractivity (Wildman–Crippen MR) is 68.3 cm³/mol. The molecule has 1 rings (SSSR count). The normalized spacial score (nSPS) is 10.5. The Morgan fingerprint density at radius 1 is 1.47 bits per heavy atom. The van der Waals surface area contributed by atoms with Gasteiger partial charge in [-0.1, -0.05) is 11.6 Å². The molecule has 94 valence electrons. The first-order chi connectivity index (χ1) is 7.93. The zero-order valence-corrected chi connectivity index (χ0v) is 11.3. The van der Waals surface area contributed by atoms with Gasteiger partial charge in [-0.3, -0.25) is 10.2 Å². The van der Waals surface area contributed by atoms with Crippen molar-refractivity contribution < 1.29 is 9.53 Å². The molecule has 0 aliphatic heterocycles. The third-order valence-corrected chi connectivity index (χ3v) is 2.61. The minimum atomic E-state index is -0.0701. The molecule has 0 saturated carbocycles. The molecule has 1 amide bonds. The molecule has 0 heterocycles. The van der Waals surface area contributed by atoms with E-state index in [-0.39, 0.29) is 5.91 Å². The third kappa shape index (κ3) is 3.91. The van der Waals surface area contributed by atoms with Gasteiger partial charge in [0.15, 0.2) is 0 Å². The van der Waals surface area contributed by atoms with Gasteiger partial charge in [0, 0.05) is 14.1 Å². The fraction of sp³-hybridized carbons (Fsp3) is 0.417. The van der Waals surface area contributed by atoms with Gasteiger partial charge in [-0.2, -0.15) is 0 Å². The SMILES string of the molecule is COc1cc(C)c(CC(=O)NN(C)C)cc1Cl. The largest absolute Gasteiger partial charge is 0.495 e. The van der Waals surface area contributed by atoms with Crippen molar-refractivity contribution in [2.45, 2.75) is 13.3 Å². The van der Waals surface area contributed by atoms with E-state index in [0.717, 1.165) is 11.1 Å². The number of aryl methyl sites for hydroxylation is 1. The molecule has 0 aliphatic carbocycles. The second kappa shape index (κ2) is 5.89.